The molecule has 1 rings (SSSR count). The van der Waals surface area contributed by atoms with Crippen molar-refractivity contribution in [3.63, 3.8) is 0 Å². The zero-order valence-electron chi connectivity index (χ0n) is 10.2. The summed E-state index contributed by atoms with van der Waals surface area (Å²) < 4.78 is 67.9. The molecule has 0 aromatic heterocycles. The summed E-state index contributed by atoms with van der Waals surface area (Å²) in [5.41, 5.74) is 0. The monoisotopic (exact) mass is 332 g/mol. The summed E-state index contributed by atoms with van der Waals surface area (Å²) in [5.74, 6) is 0. The average molecular weight is 333 g/mol. The van der Waals surface area contributed by atoms with E-state index in [-0.39, 0.29) is 5.48 Å². The third-order valence-corrected chi connectivity index (χ3v) is 1.73. The van der Waals surface area contributed by atoms with E-state index in [1.165, 1.54) is 13.1 Å². The Kier molecular flexibility index (Phi) is 13.8. The number of halogens is 2. The molecular formula is C6H18Cl2N2O9. The molecule has 2 unspecified atom stereocenters. The first-order chi connectivity index (χ1) is 7.79. The van der Waals surface area contributed by atoms with Gasteiger partial charge in [0.25, 0.3) is 0 Å². The molecule has 19 heavy (non-hydrogen) atoms. The Morgan fingerprint density at radius 3 is 1.05 bits per heavy atom. The van der Waals surface area contributed by atoms with Gasteiger partial charge >= 0.3 is 0 Å². The van der Waals surface area contributed by atoms with Crippen LogP contribution >= 0.6 is 0 Å². The van der Waals surface area contributed by atoms with Gasteiger partial charge in [0.1, 0.15) is 25.2 Å². The lowest BCUT2D eigenvalue weighted by Gasteiger charge is -2.20. The molecule has 0 amide bonds. The zero-order valence-corrected chi connectivity index (χ0v) is 11.8. The van der Waals surface area contributed by atoms with Gasteiger partial charge in [-0.15, -0.1) is 20.5 Å². The van der Waals surface area contributed by atoms with Crippen LogP contribution in [-0.4, -0.2) is 30.6 Å². The largest absolute Gasteiger partial charge is 0.412 e. The van der Waals surface area contributed by atoms with E-state index in [0.29, 0.717) is 0 Å². The quantitative estimate of drug-likeness (QED) is 0.429. The van der Waals surface area contributed by atoms with Gasteiger partial charge in [0.05, 0.1) is 0 Å². The molecular weight excluding hydrogens is 315 g/mol. The smallest absolute Gasteiger partial charge is 0.133 e. The Bertz CT molecular complexity index is 178. The molecule has 1 heterocycles. The van der Waals surface area contributed by atoms with E-state index in [4.69, 9.17) is 37.3 Å². The van der Waals surface area contributed by atoms with Crippen LogP contribution in [0.2, 0.25) is 0 Å². The van der Waals surface area contributed by atoms with E-state index in [1.54, 1.807) is 0 Å². The van der Waals surface area contributed by atoms with Crippen LogP contribution in [0.25, 0.3) is 0 Å². The van der Waals surface area contributed by atoms with Crippen molar-refractivity contribution in [1.29, 1.82) is 0 Å². The second-order valence-corrected chi connectivity index (χ2v) is 5.17. The Labute approximate surface area is 113 Å². The Balaban J connectivity index is -0.000000208. The summed E-state index contributed by atoms with van der Waals surface area (Å²) >= 11 is 0. The first kappa shape index (κ1) is 24.2. The Hall–Kier alpha value is 0.140. The maximum Gasteiger partial charge on any atom is 0.133 e. The summed E-state index contributed by atoms with van der Waals surface area (Å²) in [4.78, 5) is 0. The first-order valence-corrected chi connectivity index (χ1v) is 7.16. The fourth-order valence-electron chi connectivity index (χ4n) is 1.34. The van der Waals surface area contributed by atoms with Gasteiger partial charge < -0.3 is 16.1 Å². The van der Waals surface area contributed by atoms with Crippen molar-refractivity contribution < 1.29 is 73.9 Å². The zero-order chi connectivity index (χ0) is 15.0. The lowest BCUT2D eigenvalue weighted by atomic mass is 10.2. The molecule has 1 aliphatic rings. The van der Waals surface area contributed by atoms with Crippen LogP contribution in [0.15, 0.2) is 0 Å². The van der Waals surface area contributed by atoms with Crippen LogP contribution in [-0.2, 0) is 0 Å². The highest BCUT2D eigenvalue weighted by atomic mass is 35.7. The Morgan fingerprint density at radius 2 is 0.947 bits per heavy atom. The summed E-state index contributed by atoms with van der Waals surface area (Å²) in [7, 11) is -9.89. The molecule has 0 spiro atoms. The van der Waals surface area contributed by atoms with E-state index in [2.05, 4.69) is 24.5 Å². The molecule has 1 saturated heterocycles. The maximum absolute atomic E-state index is 8.49. The minimum atomic E-state index is -4.94. The van der Waals surface area contributed by atoms with Crippen molar-refractivity contribution in [3.8, 4) is 0 Å². The fraction of sp³-hybridized carbons (Fsp3) is 1.00. The minimum Gasteiger partial charge on any atom is -0.412 e. The van der Waals surface area contributed by atoms with Gasteiger partial charge in [0.15, 0.2) is 0 Å². The van der Waals surface area contributed by atoms with Crippen LogP contribution in [0.1, 0.15) is 13.8 Å². The van der Waals surface area contributed by atoms with Crippen LogP contribution in [0.4, 0.5) is 0 Å². The predicted octanol–water partition coefficient (Wildman–Crippen LogP) is -12.4. The molecule has 120 valence electrons. The molecule has 0 aromatic carbocycles. The fourth-order valence-corrected chi connectivity index (χ4v) is 1.34. The van der Waals surface area contributed by atoms with Crippen molar-refractivity contribution in [3.05, 3.63) is 0 Å². The number of rotatable bonds is 0. The molecule has 0 aliphatic carbocycles. The lowest BCUT2D eigenvalue weighted by molar-refractivity contribution is -2.00. The average Bonchev–Trinajstić information content (AvgIpc) is 1.95. The van der Waals surface area contributed by atoms with Crippen molar-refractivity contribution in [2.45, 2.75) is 25.9 Å². The van der Waals surface area contributed by atoms with Gasteiger partial charge in [0, 0.05) is 0 Å². The Morgan fingerprint density at radius 1 is 0.737 bits per heavy atom. The van der Waals surface area contributed by atoms with Gasteiger partial charge in [-0.05, 0) is 13.8 Å². The van der Waals surface area contributed by atoms with Gasteiger partial charge in [-0.2, -0.15) is 0 Å². The van der Waals surface area contributed by atoms with Gasteiger partial charge in [0.2, 0.25) is 0 Å². The molecule has 2 atom stereocenters. The van der Waals surface area contributed by atoms with E-state index in [1.807, 2.05) is 0 Å². The van der Waals surface area contributed by atoms with Crippen LogP contribution in [0.5, 0.6) is 0 Å². The van der Waals surface area contributed by atoms with E-state index in [9.17, 15) is 0 Å². The summed E-state index contributed by atoms with van der Waals surface area (Å²) in [6.07, 6.45) is 0. The predicted molar refractivity (Wildman–Crippen MR) is 36.1 cm³/mol. The van der Waals surface area contributed by atoms with Gasteiger partial charge in [-0.1, -0.05) is 0 Å². The van der Waals surface area contributed by atoms with Crippen molar-refractivity contribution >= 4 is 0 Å². The van der Waals surface area contributed by atoms with E-state index in [0.717, 1.165) is 12.1 Å². The molecule has 6 N–H and O–H groups in total. The normalized spacial score (nSPS) is 23.1. The number of hydrogen-bond donors (Lipinski definition) is 2. The van der Waals surface area contributed by atoms with Crippen molar-refractivity contribution in [1.82, 2.24) is 0 Å². The molecule has 0 bridgehead atoms. The number of quaternary nitrogens is 2. The second-order valence-electron chi connectivity index (χ2n) is 3.66. The van der Waals surface area contributed by atoms with Crippen LogP contribution in [0, 0.1) is 20.5 Å². The molecule has 0 saturated carbocycles. The highest BCUT2D eigenvalue weighted by Crippen LogP contribution is 1.72. The molecule has 1 fully saturated rings. The molecule has 0 aromatic rings. The SMILES string of the molecule is CC1C[NH2+]CC(C)[NH2+]1.O.[O-][Cl+3]([O-])([O-])[O-].[O-][Cl+3]([O-])([O-])[O-]. The first-order valence-electron chi connectivity index (χ1n) is 4.69. The van der Waals surface area contributed by atoms with E-state index < -0.39 is 20.5 Å². The van der Waals surface area contributed by atoms with Crippen molar-refractivity contribution in [2.75, 3.05) is 13.1 Å². The van der Waals surface area contributed by atoms with Gasteiger partial charge in [-0.3, -0.25) is 0 Å². The van der Waals surface area contributed by atoms with Crippen molar-refractivity contribution in [2.24, 2.45) is 0 Å². The third kappa shape index (κ3) is 46.0. The van der Waals surface area contributed by atoms with E-state index >= 15 is 0 Å². The molecule has 11 nitrogen and oxygen atoms in total. The standard InChI is InChI=1S/C6H14N2.2ClHO4.H2O/c1-5-3-7-4-6(2)8-5;2*2-1(3,4)5;/h5-8H,3-4H2,1-2H3;2*(H,2,3,4,5);1H2. The second kappa shape index (κ2) is 10.9. The van der Waals surface area contributed by atoms with Gasteiger partial charge in [-0.25, -0.2) is 37.3 Å². The summed E-state index contributed by atoms with van der Waals surface area (Å²) in [5, 5.41) is 4.84. The minimum absolute atomic E-state index is 0. The summed E-state index contributed by atoms with van der Waals surface area (Å²) in [6.45, 7) is 7.16. The maximum atomic E-state index is 8.49. The number of nitrogens with two attached hydrogens (primary N) is 2. The third-order valence-electron chi connectivity index (χ3n) is 1.73. The lowest BCUT2D eigenvalue weighted by Crippen LogP contribution is -3.10. The molecule has 0 radical (unpaired) electrons. The molecule has 13 heteroatoms. The summed E-state index contributed by atoms with van der Waals surface area (Å²) in [6, 6.07) is 1.66. The highest BCUT2D eigenvalue weighted by molar-refractivity contribution is 4.48. The number of piperazine rings is 1. The number of hydrogen-bond acceptors (Lipinski definition) is 8. The van der Waals surface area contributed by atoms with Crippen LogP contribution < -0.4 is 47.9 Å². The topological polar surface area (TPSA) is 249 Å². The van der Waals surface area contributed by atoms with Crippen LogP contribution in [0.3, 0.4) is 0 Å². The molecule has 1 aliphatic heterocycles. The highest BCUT2D eigenvalue weighted by Gasteiger charge is 2.19.